The zero-order valence-corrected chi connectivity index (χ0v) is 21.7. The molecule has 0 radical (unpaired) electrons. The van der Waals surface area contributed by atoms with Crippen LogP contribution in [0.15, 0.2) is 36.5 Å². The monoisotopic (exact) mass is 516 g/mol. The molecule has 2 heterocycles. The van der Waals surface area contributed by atoms with Gasteiger partial charge in [-0.15, -0.1) is 0 Å². The molecule has 3 aromatic rings. The maximum atomic E-state index is 12.9. The summed E-state index contributed by atoms with van der Waals surface area (Å²) in [5.41, 5.74) is 3.13. The van der Waals surface area contributed by atoms with Crippen LogP contribution in [0.4, 0.5) is 17.1 Å². The molecule has 0 aliphatic carbocycles. The fourth-order valence-electron chi connectivity index (χ4n) is 4.25. The number of fused-ring (bicyclic) bond motifs is 1. The smallest absolute Gasteiger partial charge is 0.341 e. The van der Waals surface area contributed by atoms with Crippen LogP contribution in [0.3, 0.4) is 0 Å². The Hall–Kier alpha value is -2.74. The van der Waals surface area contributed by atoms with E-state index in [0.29, 0.717) is 39.1 Å². The van der Waals surface area contributed by atoms with Crippen LogP contribution in [0.1, 0.15) is 30.6 Å². The first kappa shape index (κ1) is 25.4. The number of rotatable bonds is 7. The summed E-state index contributed by atoms with van der Waals surface area (Å²) >= 11 is 12.7. The first-order valence-electron chi connectivity index (χ1n) is 11.8. The van der Waals surface area contributed by atoms with Crippen molar-refractivity contribution in [3.05, 3.63) is 52.1 Å². The van der Waals surface area contributed by atoms with Crippen molar-refractivity contribution in [3.8, 4) is 5.75 Å². The third-order valence-corrected chi connectivity index (χ3v) is 6.83. The fraction of sp³-hybridized carbons (Fsp3) is 0.385. The molecule has 4 rings (SSSR count). The second-order valence-electron chi connectivity index (χ2n) is 8.41. The van der Waals surface area contributed by atoms with Crippen molar-refractivity contribution in [2.45, 2.75) is 20.3 Å². The zero-order chi connectivity index (χ0) is 24.9. The number of hydrogen-bond acceptors (Lipinski definition) is 7. The molecule has 1 aromatic heterocycles. The van der Waals surface area contributed by atoms with Gasteiger partial charge in [0.1, 0.15) is 11.3 Å². The van der Waals surface area contributed by atoms with E-state index < -0.39 is 5.97 Å². The molecular weight excluding hydrogens is 487 g/mol. The standard InChI is InChI=1S/C26H30Cl2N4O3/c1-4-34-23-15-21-17(14-22(23)32-11-7-10-31(3)12-13-32)25(18(16-29-21)26(33)35-5-2)30-20-9-6-8-19(27)24(20)28/h6,8-9,14-16H,4-5,7,10-13H2,1-3H3,(H,29,30). The summed E-state index contributed by atoms with van der Waals surface area (Å²) in [5, 5.41) is 4.89. The summed E-state index contributed by atoms with van der Waals surface area (Å²) in [6.45, 7) is 8.31. The van der Waals surface area contributed by atoms with E-state index in [-0.39, 0.29) is 6.61 Å². The molecule has 0 saturated carbocycles. The van der Waals surface area contributed by atoms with Crippen LogP contribution >= 0.6 is 23.2 Å². The maximum absolute atomic E-state index is 12.9. The molecular formula is C26H30Cl2N4O3. The van der Waals surface area contributed by atoms with Gasteiger partial charge in [0.15, 0.2) is 0 Å². The van der Waals surface area contributed by atoms with Gasteiger partial charge in [-0.1, -0.05) is 29.3 Å². The minimum absolute atomic E-state index is 0.254. The third kappa shape index (κ3) is 5.58. The predicted molar refractivity (Wildman–Crippen MR) is 143 cm³/mol. The Morgan fingerprint density at radius 1 is 1.11 bits per heavy atom. The number of aromatic nitrogens is 1. The Bertz CT molecular complexity index is 1220. The van der Waals surface area contributed by atoms with Gasteiger partial charge in [-0.3, -0.25) is 4.98 Å². The Labute approximate surface area is 215 Å². The van der Waals surface area contributed by atoms with Crippen LogP contribution in [-0.2, 0) is 4.74 Å². The number of benzene rings is 2. The second kappa shape index (κ2) is 11.3. The van der Waals surface area contributed by atoms with E-state index in [2.05, 4.69) is 27.1 Å². The van der Waals surface area contributed by atoms with Gasteiger partial charge in [-0.05, 0) is 52.1 Å². The zero-order valence-electron chi connectivity index (χ0n) is 20.2. The van der Waals surface area contributed by atoms with Gasteiger partial charge in [-0.2, -0.15) is 0 Å². The second-order valence-corrected chi connectivity index (χ2v) is 9.19. The van der Waals surface area contributed by atoms with Crippen LogP contribution < -0.4 is 15.0 Å². The summed E-state index contributed by atoms with van der Waals surface area (Å²) < 4.78 is 11.4. The van der Waals surface area contributed by atoms with E-state index in [1.807, 2.05) is 25.1 Å². The third-order valence-electron chi connectivity index (χ3n) is 6.02. The van der Waals surface area contributed by atoms with Gasteiger partial charge in [0.2, 0.25) is 0 Å². The lowest BCUT2D eigenvalue weighted by Crippen LogP contribution is -2.29. The van der Waals surface area contributed by atoms with E-state index in [9.17, 15) is 4.79 Å². The minimum Gasteiger partial charge on any atom is -0.492 e. The van der Waals surface area contributed by atoms with Crippen LogP contribution in [0.2, 0.25) is 10.0 Å². The number of esters is 1. The molecule has 0 unspecified atom stereocenters. The topological polar surface area (TPSA) is 66.9 Å². The van der Waals surface area contributed by atoms with Gasteiger partial charge in [0.05, 0.1) is 45.8 Å². The number of carbonyl (C=O) groups is 1. The Balaban J connectivity index is 1.91. The number of carbonyl (C=O) groups excluding carboxylic acids is 1. The number of ether oxygens (including phenoxy) is 2. The molecule has 1 aliphatic heterocycles. The predicted octanol–water partition coefficient (Wildman–Crippen LogP) is 6.00. The molecule has 1 fully saturated rings. The summed E-state index contributed by atoms with van der Waals surface area (Å²) in [6, 6.07) is 9.31. The van der Waals surface area contributed by atoms with Gasteiger partial charge < -0.3 is 24.6 Å². The summed E-state index contributed by atoms with van der Waals surface area (Å²) in [5.74, 6) is 0.307. The summed E-state index contributed by atoms with van der Waals surface area (Å²) in [6.07, 6.45) is 2.57. The van der Waals surface area contributed by atoms with Crippen molar-refractivity contribution in [3.63, 3.8) is 0 Å². The van der Waals surface area contributed by atoms with E-state index in [1.54, 1.807) is 19.1 Å². The molecule has 1 aliphatic rings. The molecule has 2 aromatic carbocycles. The maximum Gasteiger partial charge on any atom is 0.341 e. The quantitative estimate of drug-likeness (QED) is 0.386. The van der Waals surface area contributed by atoms with Crippen molar-refractivity contribution >= 4 is 57.1 Å². The number of halogens is 2. The van der Waals surface area contributed by atoms with E-state index >= 15 is 0 Å². The number of hydrogen-bond donors (Lipinski definition) is 1. The van der Waals surface area contributed by atoms with E-state index in [1.165, 1.54) is 6.20 Å². The Morgan fingerprint density at radius 2 is 1.94 bits per heavy atom. The molecule has 9 heteroatoms. The van der Waals surface area contributed by atoms with E-state index in [4.69, 9.17) is 32.7 Å². The van der Waals surface area contributed by atoms with Gasteiger partial charge in [0.25, 0.3) is 0 Å². The molecule has 0 atom stereocenters. The number of anilines is 3. The van der Waals surface area contributed by atoms with Crippen molar-refractivity contribution in [1.29, 1.82) is 0 Å². The fourth-order valence-corrected chi connectivity index (χ4v) is 4.60. The average Bonchev–Trinajstić information content (AvgIpc) is 3.06. The van der Waals surface area contributed by atoms with Crippen LogP contribution in [0, 0.1) is 0 Å². The Kier molecular flexibility index (Phi) is 8.21. The van der Waals surface area contributed by atoms with Gasteiger partial charge in [0, 0.05) is 37.3 Å². The lowest BCUT2D eigenvalue weighted by atomic mass is 10.1. The highest BCUT2D eigenvalue weighted by Gasteiger charge is 2.23. The van der Waals surface area contributed by atoms with Crippen molar-refractivity contribution < 1.29 is 14.3 Å². The molecule has 0 amide bonds. The molecule has 35 heavy (non-hydrogen) atoms. The van der Waals surface area contributed by atoms with Crippen LogP contribution in [0.25, 0.3) is 10.9 Å². The highest BCUT2D eigenvalue weighted by molar-refractivity contribution is 6.43. The molecule has 186 valence electrons. The molecule has 1 N–H and O–H groups in total. The first-order valence-corrected chi connectivity index (χ1v) is 12.6. The highest BCUT2D eigenvalue weighted by Crippen LogP contribution is 2.40. The summed E-state index contributed by atoms with van der Waals surface area (Å²) in [4.78, 5) is 22.1. The van der Waals surface area contributed by atoms with Crippen LogP contribution in [-0.4, -0.2) is 62.3 Å². The SMILES string of the molecule is CCOC(=O)c1cnc2cc(OCC)c(N3CCCN(C)CC3)cc2c1Nc1cccc(Cl)c1Cl. The lowest BCUT2D eigenvalue weighted by Gasteiger charge is -2.26. The number of likely N-dealkylation sites (N-methyl/N-ethyl adjacent to an activating group) is 1. The van der Waals surface area contributed by atoms with Crippen LogP contribution in [0.5, 0.6) is 5.75 Å². The normalized spacial score (nSPS) is 14.6. The number of nitrogens with one attached hydrogen (secondary N) is 1. The molecule has 0 spiro atoms. The number of nitrogens with zero attached hydrogens (tertiary/aromatic N) is 3. The van der Waals surface area contributed by atoms with E-state index in [0.717, 1.165) is 49.4 Å². The highest BCUT2D eigenvalue weighted by atomic mass is 35.5. The van der Waals surface area contributed by atoms with Crippen molar-refractivity contribution in [1.82, 2.24) is 9.88 Å². The average molecular weight is 517 g/mol. The molecule has 1 saturated heterocycles. The lowest BCUT2D eigenvalue weighted by molar-refractivity contribution is 0.0527. The minimum atomic E-state index is -0.464. The molecule has 0 bridgehead atoms. The Morgan fingerprint density at radius 3 is 2.71 bits per heavy atom. The summed E-state index contributed by atoms with van der Waals surface area (Å²) in [7, 11) is 2.14. The first-order chi connectivity index (χ1) is 16.9. The van der Waals surface area contributed by atoms with Crippen molar-refractivity contribution in [2.24, 2.45) is 0 Å². The molecule has 7 nitrogen and oxygen atoms in total. The van der Waals surface area contributed by atoms with Gasteiger partial charge in [-0.25, -0.2) is 4.79 Å². The van der Waals surface area contributed by atoms with Crippen molar-refractivity contribution in [2.75, 3.05) is 56.7 Å². The number of pyridine rings is 1. The van der Waals surface area contributed by atoms with Gasteiger partial charge >= 0.3 is 5.97 Å². The largest absolute Gasteiger partial charge is 0.492 e.